The summed E-state index contributed by atoms with van der Waals surface area (Å²) in [6.45, 7) is 2.98. The zero-order chi connectivity index (χ0) is 13.9. The number of carbonyl (C=O) groups is 1. The Labute approximate surface area is 125 Å². The lowest BCUT2D eigenvalue weighted by Gasteiger charge is -2.05. The molecule has 1 aromatic rings. The molecule has 4 heteroatoms. The molecule has 0 aliphatic heterocycles. The molecule has 0 spiro atoms. The highest BCUT2D eigenvalue weighted by Crippen LogP contribution is 2.21. The van der Waals surface area contributed by atoms with Crippen molar-refractivity contribution in [3.63, 3.8) is 0 Å². The fraction of sp³-hybridized carbons (Fsp3) is 0.533. The summed E-state index contributed by atoms with van der Waals surface area (Å²) < 4.78 is 0. The Kier molecular flexibility index (Phi) is 8.76. The summed E-state index contributed by atoms with van der Waals surface area (Å²) in [7, 11) is 0. The minimum Gasteiger partial charge on any atom is -0.356 e. The van der Waals surface area contributed by atoms with Gasteiger partial charge in [-0.15, -0.1) is 11.8 Å². The molecular weight excluding hydrogens is 278 g/mol. The molecule has 2 nitrogen and oxygen atoms in total. The quantitative estimate of drug-likeness (QED) is 0.536. The van der Waals surface area contributed by atoms with Crippen LogP contribution in [0.1, 0.15) is 39.0 Å². The number of carbonyl (C=O) groups excluding carboxylic acids is 1. The van der Waals surface area contributed by atoms with Crippen LogP contribution in [-0.4, -0.2) is 18.2 Å². The average molecular weight is 300 g/mol. The highest BCUT2D eigenvalue weighted by molar-refractivity contribution is 7.99. The van der Waals surface area contributed by atoms with E-state index in [0.29, 0.717) is 6.42 Å². The van der Waals surface area contributed by atoms with Gasteiger partial charge >= 0.3 is 0 Å². The van der Waals surface area contributed by atoms with Crippen LogP contribution in [0.4, 0.5) is 0 Å². The Morgan fingerprint density at radius 1 is 1.21 bits per heavy atom. The monoisotopic (exact) mass is 299 g/mol. The van der Waals surface area contributed by atoms with Crippen molar-refractivity contribution in [2.45, 2.75) is 43.9 Å². The maximum atomic E-state index is 11.5. The molecule has 0 aliphatic rings. The van der Waals surface area contributed by atoms with Crippen molar-refractivity contribution in [1.29, 1.82) is 0 Å². The minimum atomic E-state index is 0.174. The molecule has 106 valence electrons. The Morgan fingerprint density at radius 2 is 1.95 bits per heavy atom. The molecule has 1 N–H and O–H groups in total. The number of halogens is 1. The van der Waals surface area contributed by atoms with Gasteiger partial charge < -0.3 is 5.32 Å². The van der Waals surface area contributed by atoms with Gasteiger partial charge in [0.25, 0.3) is 0 Å². The van der Waals surface area contributed by atoms with Gasteiger partial charge in [0.2, 0.25) is 5.91 Å². The Balaban J connectivity index is 2.03. The normalized spacial score (nSPS) is 10.4. The lowest BCUT2D eigenvalue weighted by molar-refractivity contribution is -0.121. The van der Waals surface area contributed by atoms with Crippen LogP contribution in [0.15, 0.2) is 29.2 Å². The van der Waals surface area contributed by atoms with E-state index < -0.39 is 0 Å². The van der Waals surface area contributed by atoms with Crippen LogP contribution in [0.3, 0.4) is 0 Å². The summed E-state index contributed by atoms with van der Waals surface area (Å²) in [5, 5.41) is 3.72. The molecule has 0 saturated carbocycles. The van der Waals surface area contributed by atoms with E-state index in [1.54, 1.807) is 11.8 Å². The maximum Gasteiger partial charge on any atom is 0.220 e. The fourth-order valence-electron chi connectivity index (χ4n) is 1.64. The highest BCUT2D eigenvalue weighted by Gasteiger charge is 2.01. The smallest absolute Gasteiger partial charge is 0.220 e. The van der Waals surface area contributed by atoms with Gasteiger partial charge in [-0.25, -0.2) is 0 Å². The van der Waals surface area contributed by atoms with E-state index in [0.717, 1.165) is 30.2 Å². The Hall–Kier alpha value is -0.670. The van der Waals surface area contributed by atoms with Crippen LogP contribution in [0, 0.1) is 0 Å². The van der Waals surface area contributed by atoms with Crippen molar-refractivity contribution in [3.8, 4) is 0 Å². The molecule has 1 amide bonds. The lowest BCUT2D eigenvalue weighted by atomic mass is 10.2. The summed E-state index contributed by atoms with van der Waals surface area (Å²) in [4.78, 5) is 12.7. The van der Waals surface area contributed by atoms with E-state index in [1.807, 2.05) is 24.3 Å². The second kappa shape index (κ2) is 10.2. The van der Waals surface area contributed by atoms with E-state index in [9.17, 15) is 4.79 Å². The summed E-state index contributed by atoms with van der Waals surface area (Å²) in [5.74, 6) is 1.14. The van der Waals surface area contributed by atoms with Crippen molar-refractivity contribution in [3.05, 3.63) is 29.3 Å². The first kappa shape index (κ1) is 16.4. The van der Waals surface area contributed by atoms with Crippen molar-refractivity contribution in [2.75, 3.05) is 12.3 Å². The summed E-state index contributed by atoms with van der Waals surface area (Å²) in [6.07, 6.45) is 4.99. The third-order valence-electron chi connectivity index (χ3n) is 2.73. The minimum absolute atomic E-state index is 0.174. The molecule has 0 unspecified atom stereocenters. The van der Waals surface area contributed by atoms with Gasteiger partial charge in [-0.3, -0.25) is 4.79 Å². The first-order chi connectivity index (χ1) is 9.22. The zero-order valence-electron chi connectivity index (χ0n) is 11.5. The molecule has 0 saturated heterocycles. The second-order valence-electron chi connectivity index (χ2n) is 4.46. The lowest BCUT2D eigenvalue weighted by Crippen LogP contribution is -2.24. The fourth-order valence-corrected chi connectivity index (χ4v) is 2.62. The van der Waals surface area contributed by atoms with Crippen molar-refractivity contribution in [1.82, 2.24) is 5.32 Å². The molecule has 0 bridgehead atoms. The highest BCUT2D eigenvalue weighted by atomic mass is 35.5. The van der Waals surface area contributed by atoms with Crippen LogP contribution in [0.2, 0.25) is 5.02 Å². The molecule has 1 aromatic carbocycles. The second-order valence-corrected chi connectivity index (χ2v) is 6.07. The first-order valence-electron chi connectivity index (χ1n) is 6.87. The SMILES string of the molecule is CCCCCNC(=O)CCCSc1ccc(Cl)cc1. The summed E-state index contributed by atoms with van der Waals surface area (Å²) >= 11 is 7.59. The Bertz CT molecular complexity index is 367. The van der Waals surface area contributed by atoms with Gasteiger partial charge in [-0.2, -0.15) is 0 Å². The van der Waals surface area contributed by atoms with Crippen molar-refractivity contribution in [2.24, 2.45) is 0 Å². The van der Waals surface area contributed by atoms with Crippen LogP contribution in [0.5, 0.6) is 0 Å². The third-order valence-corrected chi connectivity index (χ3v) is 4.08. The van der Waals surface area contributed by atoms with Gasteiger partial charge in [0.15, 0.2) is 0 Å². The van der Waals surface area contributed by atoms with Gasteiger partial charge in [0.05, 0.1) is 0 Å². The third kappa shape index (κ3) is 8.17. The van der Waals surface area contributed by atoms with Crippen LogP contribution >= 0.6 is 23.4 Å². The van der Waals surface area contributed by atoms with Gasteiger partial charge in [-0.1, -0.05) is 31.4 Å². The summed E-state index contributed by atoms with van der Waals surface area (Å²) in [5.41, 5.74) is 0. The number of thioether (sulfide) groups is 1. The molecule has 0 atom stereocenters. The number of unbranched alkanes of at least 4 members (excludes halogenated alkanes) is 2. The van der Waals surface area contributed by atoms with E-state index in [-0.39, 0.29) is 5.91 Å². The molecule has 0 fully saturated rings. The maximum absolute atomic E-state index is 11.5. The number of amides is 1. The molecule has 19 heavy (non-hydrogen) atoms. The predicted molar refractivity (Wildman–Crippen MR) is 83.9 cm³/mol. The Morgan fingerprint density at radius 3 is 2.63 bits per heavy atom. The largest absolute Gasteiger partial charge is 0.356 e. The van der Waals surface area contributed by atoms with Crippen molar-refractivity contribution < 1.29 is 4.79 Å². The van der Waals surface area contributed by atoms with Crippen LogP contribution < -0.4 is 5.32 Å². The number of hydrogen-bond donors (Lipinski definition) is 1. The van der Waals surface area contributed by atoms with Crippen molar-refractivity contribution >= 4 is 29.3 Å². The molecule has 0 heterocycles. The molecule has 0 aromatic heterocycles. The van der Waals surface area contributed by atoms with Gasteiger partial charge in [0, 0.05) is 22.9 Å². The van der Waals surface area contributed by atoms with E-state index in [4.69, 9.17) is 11.6 Å². The van der Waals surface area contributed by atoms with E-state index >= 15 is 0 Å². The summed E-state index contributed by atoms with van der Waals surface area (Å²) in [6, 6.07) is 7.81. The number of rotatable bonds is 9. The van der Waals surface area contributed by atoms with Gasteiger partial charge in [-0.05, 0) is 42.9 Å². The zero-order valence-corrected chi connectivity index (χ0v) is 13.0. The molecular formula is C15H22ClNOS. The standard InChI is InChI=1S/C15H22ClNOS/c1-2-3-4-11-17-15(18)6-5-12-19-14-9-7-13(16)8-10-14/h7-10H,2-6,11-12H2,1H3,(H,17,18). The molecule has 0 aliphatic carbocycles. The van der Waals surface area contributed by atoms with Crippen LogP contribution in [-0.2, 0) is 4.79 Å². The molecule has 0 radical (unpaired) electrons. The topological polar surface area (TPSA) is 29.1 Å². The first-order valence-corrected chi connectivity index (χ1v) is 8.24. The van der Waals surface area contributed by atoms with Gasteiger partial charge in [0.1, 0.15) is 0 Å². The predicted octanol–water partition coefficient (Wildman–Crippen LogP) is 4.52. The van der Waals surface area contributed by atoms with Crippen LogP contribution in [0.25, 0.3) is 0 Å². The average Bonchev–Trinajstić information content (AvgIpc) is 2.42. The number of nitrogens with one attached hydrogen (secondary N) is 1. The van der Waals surface area contributed by atoms with E-state index in [2.05, 4.69) is 12.2 Å². The number of benzene rings is 1. The number of hydrogen-bond acceptors (Lipinski definition) is 2. The molecule has 1 rings (SSSR count). The van der Waals surface area contributed by atoms with E-state index in [1.165, 1.54) is 17.7 Å².